The van der Waals surface area contributed by atoms with E-state index < -0.39 is 47.9 Å². The zero-order valence-corrected chi connectivity index (χ0v) is 23.0. The Bertz CT molecular complexity index is 751. The van der Waals surface area contributed by atoms with Gasteiger partial charge in [0.15, 0.2) is 5.96 Å². The average molecular weight is 547 g/mol. The first kappa shape index (κ1) is 34.4. The number of carboxylic acids is 1. The fourth-order valence-corrected chi connectivity index (χ4v) is 3.82. The van der Waals surface area contributed by atoms with Crippen molar-refractivity contribution in [3.63, 3.8) is 0 Å². The first-order valence-electron chi connectivity index (χ1n) is 12.6. The van der Waals surface area contributed by atoms with Gasteiger partial charge in [-0.15, -0.1) is 0 Å². The van der Waals surface area contributed by atoms with E-state index in [-0.39, 0.29) is 37.7 Å². The van der Waals surface area contributed by atoms with Crippen molar-refractivity contribution < 1.29 is 24.3 Å². The van der Waals surface area contributed by atoms with Gasteiger partial charge in [0, 0.05) is 6.54 Å². The lowest BCUT2D eigenvalue weighted by molar-refractivity contribution is -0.142. The number of guanidine groups is 1. The summed E-state index contributed by atoms with van der Waals surface area (Å²) in [5.74, 6) is -2.47. The predicted molar refractivity (Wildman–Crippen MR) is 147 cm³/mol. The summed E-state index contributed by atoms with van der Waals surface area (Å²) in [6, 6.07) is -3.88. The minimum atomic E-state index is -1.16. The number of carbonyl (C=O) groups excluding carboxylic acids is 3. The molecule has 5 unspecified atom stereocenters. The van der Waals surface area contributed by atoms with Crippen LogP contribution < -0.4 is 38.9 Å². The lowest BCUT2D eigenvalue weighted by atomic mass is 9.98. The van der Waals surface area contributed by atoms with Crippen molar-refractivity contribution in [1.82, 2.24) is 16.0 Å². The van der Waals surface area contributed by atoms with E-state index in [0.29, 0.717) is 38.0 Å². The first-order chi connectivity index (χ1) is 17.5. The van der Waals surface area contributed by atoms with E-state index >= 15 is 0 Å². The van der Waals surface area contributed by atoms with Crippen LogP contribution in [0.5, 0.6) is 0 Å². The number of carbonyl (C=O) groups is 4. The molecule has 0 saturated heterocycles. The van der Waals surface area contributed by atoms with Gasteiger partial charge in [0.1, 0.15) is 18.1 Å². The molecule has 37 heavy (non-hydrogen) atoms. The quantitative estimate of drug-likeness (QED) is 0.0517. The van der Waals surface area contributed by atoms with E-state index in [9.17, 15) is 24.3 Å². The average Bonchev–Trinajstić information content (AvgIpc) is 2.85. The number of carboxylic acid groups (broad SMARTS) is 1. The summed E-state index contributed by atoms with van der Waals surface area (Å²) < 4.78 is 0. The van der Waals surface area contributed by atoms with Crippen LogP contribution in [0.3, 0.4) is 0 Å². The van der Waals surface area contributed by atoms with Crippen molar-refractivity contribution in [2.75, 3.05) is 25.1 Å². The monoisotopic (exact) mass is 546 g/mol. The number of rotatable bonds is 20. The van der Waals surface area contributed by atoms with E-state index in [2.05, 4.69) is 20.9 Å². The van der Waals surface area contributed by atoms with Crippen LogP contribution in [0.2, 0.25) is 0 Å². The molecule has 0 heterocycles. The van der Waals surface area contributed by atoms with Crippen molar-refractivity contribution in [1.29, 1.82) is 0 Å². The second-order valence-corrected chi connectivity index (χ2v) is 9.93. The van der Waals surface area contributed by atoms with Gasteiger partial charge in [-0.25, -0.2) is 4.79 Å². The van der Waals surface area contributed by atoms with Crippen molar-refractivity contribution in [3.8, 4) is 0 Å². The Hall–Kier alpha value is -2.58. The SMILES string of the molecule is CCC(C)C(N)C(=O)NC(CCCN=C(N)N)C(=O)NC(CCSC)C(=O)NC(CCCCN)C(=O)O. The van der Waals surface area contributed by atoms with Crippen LogP contribution in [0.1, 0.15) is 58.8 Å². The minimum Gasteiger partial charge on any atom is -0.480 e. The number of nitrogens with two attached hydrogens (primary N) is 4. The molecular formula is C23H46N8O5S. The molecular weight excluding hydrogens is 500 g/mol. The molecule has 0 aromatic heterocycles. The highest BCUT2D eigenvalue weighted by Crippen LogP contribution is 2.09. The molecule has 0 aliphatic heterocycles. The zero-order valence-electron chi connectivity index (χ0n) is 22.2. The van der Waals surface area contributed by atoms with Crippen LogP contribution in [0, 0.1) is 5.92 Å². The second kappa shape index (κ2) is 19.5. The third-order valence-corrected chi connectivity index (χ3v) is 6.59. The van der Waals surface area contributed by atoms with Crippen LogP contribution in [0.15, 0.2) is 4.99 Å². The summed E-state index contributed by atoms with van der Waals surface area (Å²) in [4.78, 5) is 54.4. The molecule has 14 heteroatoms. The number of unbranched alkanes of at least 4 members (excludes halogenated alkanes) is 1. The van der Waals surface area contributed by atoms with E-state index in [4.69, 9.17) is 22.9 Å². The summed E-state index contributed by atoms with van der Waals surface area (Å²) in [6.45, 7) is 4.42. The second-order valence-electron chi connectivity index (χ2n) is 8.95. The van der Waals surface area contributed by atoms with Crippen LogP contribution in [0.4, 0.5) is 0 Å². The number of hydrogen-bond acceptors (Lipinski definition) is 8. The molecule has 0 rings (SSSR count). The Kier molecular flexibility index (Phi) is 18.2. The molecule has 0 aromatic rings. The van der Waals surface area contributed by atoms with Crippen molar-refractivity contribution in [3.05, 3.63) is 0 Å². The van der Waals surface area contributed by atoms with Gasteiger partial charge in [-0.3, -0.25) is 19.4 Å². The number of amides is 3. The molecule has 0 radical (unpaired) electrons. The molecule has 0 aliphatic carbocycles. The highest BCUT2D eigenvalue weighted by atomic mass is 32.2. The molecule has 0 fully saturated rings. The predicted octanol–water partition coefficient (Wildman–Crippen LogP) is -1.17. The van der Waals surface area contributed by atoms with Crippen LogP contribution in [0.25, 0.3) is 0 Å². The molecule has 0 aliphatic rings. The first-order valence-corrected chi connectivity index (χ1v) is 14.0. The lowest BCUT2D eigenvalue weighted by Crippen LogP contribution is -2.57. The summed E-state index contributed by atoms with van der Waals surface area (Å²) in [5.41, 5.74) is 22.2. The Morgan fingerprint density at radius 3 is 1.95 bits per heavy atom. The maximum Gasteiger partial charge on any atom is 0.326 e. The number of nitrogens with one attached hydrogen (secondary N) is 3. The maximum atomic E-state index is 13.2. The molecule has 0 bridgehead atoms. The normalized spacial score (nSPS) is 14.9. The van der Waals surface area contributed by atoms with E-state index in [1.807, 2.05) is 20.1 Å². The topological polar surface area (TPSA) is 241 Å². The molecule has 0 aromatic carbocycles. The Morgan fingerprint density at radius 1 is 0.892 bits per heavy atom. The van der Waals surface area contributed by atoms with Gasteiger partial charge in [-0.1, -0.05) is 20.3 Å². The van der Waals surface area contributed by atoms with Gasteiger partial charge in [0.25, 0.3) is 0 Å². The molecule has 5 atom stereocenters. The fourth-order valence-electron chi connectivity index (χ4n) is 3.35. The van der Waals surface area contributed by atoms with E-state index in [0.717, 1.165) is 0 Å². The third kappa shape index (κ3) is 14.7. The van der Waals surface area contributed by atoms with Gasteiger partial charge >= 0.3 is 5.97 Å². The number of nitrogens with zero attached hydrogens (tertiary/aromatic N) is 1. The van der Waals surface area contributed by atoms with Gasteiger partial charge in [-0.05, 0) is 63.0 Å². The highest BCUT2D eigenvalue weighted by Gasteiger charge is 2.30. The smallest absolute Gasteiger partial charge is 0.326 e. The van der Waals surface area contributed by atoms with Crippen LogP contribution in [-0.4, -0.2) is 84.0 Å². The maximum absolute atomic E-state index is 13.2. The van der Waals surface area contributed by atoms with Crippen molar-refractivity contribution in [2.24, 2.45) is 33.8 Å². The summed E-state index contributed by atoms with van der Waals surface area (Å²) >= 11 is 1.48. The Labute approximate surface area is 223 Å². The van der Waals surface area contributed by atoms with Gasteiger partial charge in [0.05, 0.1) is 6.04 Å². The molecule has 0 spiro atoms. The number of hydrogen-bond donors (Lipinski definition) is 8. The third-order valence-electron chi connectivity index (χ3n) is 5.94. The Morgan fingerprint density at radius 2 is 1.43 bits per heavy atom. The van der Waals surface area contributed by atoms with E-state index in [1.165, 1.54) is 11.8 Å². The number of aliphatic imine (C=N–C) groups is 1. The van der Waals surface area contributed by atoms with Gasteiger partial charge < -0.3 is 44.0 Å². The molecule has 214 valence electrons. The van der Waals surface area contributed by atoms with Crippen molar-refractivity contribution in [2.45, 2.75) is 83.0 Å². The summed E-state index contributed by atoms with van der Waals surface area (Å²) in [6.07, 6.45) is 4.79. The van der Waals surface area contributed by atoms with Gasteiger partial charge in [0.2, 0.25) is 17.7 Å². The summed E-state index contributed by atoms with van der Waals surface area (Å²) in [7, 11) is 0. The lowest BCUT2D eigenvalue weighted by Gasteiger charge is -2.26. The highest BCUT2D eigenvalue weighted by molar-refractivity contribution is 7.98. The number of thioether (sulfide) groups is 1. The van der Waals surface area contributed by atoms with Crippen molar-refractivity contribution >= 4 is 41.4 Å². The number of aliphatic carboxylic acids is 1. The molecule has 3 amide bonds. The molecule has 13 nitrogen and oxygen atoms in total. The minimum absolute atomic E-state index is 0.0860. The Balaban J connectivity index is 5.57. The molecule has 12 N–H and O–H groups in total. The van der Waals surface area contributed by atoms with E-state index in [1.54, 1.807) is 0 Å². The standard InChI is InChI=1S/C23H46N8O5S/c1-4-14(2)18(25)21(34)30-15(9-7-12-28-23(26)27)19(32)29-16(10-13-37-3)20(33)31-17(22(35)36)8-5-6-11-24/h14-18H,4-13,24-25H2,1-3H3,(H,29,32)(H,30,34)(H,31,33)(H,35,36)(H4,26,27,28). The fraction of sp³-hybridized carbons (Fsp3) is 0.783. The summed E-state index contributed by atoms with van der Waals surface area (Å²) in [5, 5.41) is 17.4. The zero-order chi connectivity index (χ0) is 28.4. The van der Waals surface area contributed by atoms with Crippen LogP contribution >= 0.6 is 11.8 Å². The molecule has 0 saturated carbocycles. The van der Waals surface area contributed by atoms with Crippen LogP contribution in [-0.2, 0) is 19.2 Å². The van der Waals surface area contributed by atoms with Gasteiger partial charge in [-0.2, -0.15) is 11.8 Å². The largest absolute Gasteiger partial charge is 0.480 e.